The number of fused-ring (bicyclic) bond motifs is 1. The molecule has 0 amide bonds. The zero-order valence-corrected chi connectivity index (χ0v) is 22.3. The number of aliphatic hydroxyl groups excluding tert-OH is 2. The summed E-state index contributed by atoms with van der Waals surface area (Å²) < 4.78 is 22.1. The van der Waals surface area contributed by atoms with Crippen LogP contribution < -0.4 is 10.2 Å². The molecule has 232 valence electrons. The van der Waals surface area contributed by atoms with E-state index >= 15 is 0 Å². The average Bonchev–Trinajstić information content (AvgIpc) is 2.95. The van der Waals surface area contributed by atoms with Gasteiger partial charge in [-0.05, 0) is 31.2 Å². The summed E-state index contributed by atoms with van der Waals surface area (Å²) in [5.41, 5.74) is -2.20. The van der Waals surface area contributed by atoms with Crippen LogP contribution in [0.2, 0.25) is 0 Å². The van der Waals surface area contributed by atoms with E-state index in [0.717, 1.165) is 36.4 Å². The van der Waals surface area contributed by atoms with Crippen molar-refractivity contribution in [3.8, 4) is 63.1 Å². The second-order valence-corrected chi connectivity index (χ2v) is 9.83. The molecule has 0 saturated carbocycles. The van der Waals surface area contributed by atoms with Gasteiger partial charge in [-0.25, -0.2) is 4.79 Å². The number of ether oxygens (including phenoxy) is 3. The molecule has 1 aliphatic heterocycles. The van der Waals surface area contributed by atoms with E-state index in [2.05, 4.69) is 0 Å². The van der Waals surface area contributed by atoms with E-state index < -0.39 is 111 Å². The lowest BCUT2D eigenvalue weighted by Gasteiger charge is -2.40. The Morgan fingerprint density at radius 1 is 0.773 bits per heavy atom. The van der Waals surface area contributed by atoms with Crippen LogP contribution in [0.4, 0.5) is 0 Å². The average molecular weight is 616 g/mol. The molecule has 0 aliphatic carbocycles. The first-order chi connectivity index (χ1) is 20.7. The molecule has 4 aromatic rings. The van der Waals surface area contributed by atoms with Crippen molar-refractivity contribution in [3.05, 3.63) is 52.2 Å². The summed E-state index contributed by atoms with van der Waals surface area (Å²) in [5.74, 6) is -9.03. The number of esters is 1. The van der Waals surface area contributed by atoms with Crippen LogP contribution in [0, 0.1) is 0 Å². The molecule has 0 spiro atoms. The topological polar surface area (TPSA) is 277 Å². The Bertz CT molecular complexity index is 1800. The SMILES string of the molecule is C[C@H]1O[C@H](Oc2c(-c3cc(O)c(O)c(O)c3)oc3cc(O)cc(O)c3c2=O)[C@@H](O)[C@@H](OC(=O)c2cc(O)c(O)c(O)c2)[C@@H]1O. The lowest BCUT2D eigenvalue weighted by molar-refractivity contribution is -0.267. The molecule has 1 saturated heterocycles. The minimum Gasteiger partial charge on any atom is -0.508 e. The molecule has 16 heteroatoms. The Labute approximate surface area is 244 Å². The number of aromatic hydroxyl groups is 8. The van der Waals surface area contributed by atoms with Crippen molar-refractivity contribution in [2.45, 2.75) is 37.6 Å². The minimum atomic E-state index is -2.04. The maximum atomic E-state index is 13.6. The van der Waals surface area contributed by atoms with Crippen molar-refractivity contribution in [2.75, 3.05) is 0 Å². The van der Waals surface area contributed by atoms with Gasteiger partial charge in [0.2, 0.25) is 17.5 Å². The lowest BCUT2D eigenvalue weighted by atomic mass is 9.99. The van der Waals surface area contributed by atoms with Crippen LogP contribution in [0.25, 0.3) is 22.3 Å². The lowest BCUT2D eigenvalue weighted by Crippen LogP contribution is -2.59. The van der Waals surface area contributed by atoms with Crippen molar-refractivity contribution in [1.82, 2.24) is 0 Å². The molecular formula is C28H24O16. The molecule has 0 radical (unpaired) electrons. The summed E-state index contributed by atoms with van der Waals surface area (Å²) in [4.78, 5) is 26.4. The van der Waals surface area contributed by atoms with E-state index in [0.29, 0.717) is 0 Å². The third-order valence-corrected chi connectivity index (χ3v) is 6.81. The smallest absolute Gasteiger partial charge is 0.338 e. The van der Waals surface area contributed by atoms with Gasteiger partial charge in [-0.2, -0.15) is 0 Å². The summed E-state index contributed by atoms with van der Waals surface area (Å²) in [6.07, 6.45) is -8.66. The van der Waals surface area contributed by atoms with E-state index in [1.54, 1.807) is 0 Å². The fourth-order valence-electron chi connectivity index (χ4n) is 4.56. The molecule has 5 atom stereocenters. The molecule has 5 rings (SSSR count). The molecule has 1 aliphatic rings. The molecule has 44 heavy (non-hydrogen) atoms. The Morgan fingerprint density at radius 2 is 1.34 bits per heavy atom. The predicted octanol–water partition coefficient (Wildman–Crippen LogP) is 1.18. The highest BCUT2D eigenvalue weighted by molar-refractivity contribution is 5.91. The highest BCUT2D eigenvalue weighted by Gasteiger charge is 2.47. The van der Waals surface area contributed by atoms with Crippen LogP contribution in [0.1, 0.15) is 17.3 Å². The molecule has 16 nitrogen and oxygen atoms in total. The first-order valence-electron chi connectivity index (χ1n) is 12.6. The summed E-state index contributed by atoms with van der Waals surface area (Å²) in [5, 5.41) is 100. The van der Waals surface area contributed by atoms with Crippen LogP contribution in [0.15, 0.2) is 45.6 Å². The van der Waals surface area contributed by atoms with E-state index in [4.69, 9.17) is 18.6 Å². The van der Waals surface area contributed by atoms with Gasteiger partial charge in [0.15, 0.2) is 52.5 Å². The second-order valence-electron chi connectivity index (χ2n) is 9.83. The predicted molar refractivity (Wildman–Crippen MR) is 144 cm³/mol. The molecule has 1 fully saturated rings. The number of aliphatic hydroxyl groups is 2. The molecule has 2 heterocycles. The van der Waals surface area contributed by atoms with Crippen molar-refractivity contribution in [2.24, 2.45) is 0 Å². The summed E-state index contributed by atoms with van der Waals surface area (Å²) in [6.45, 7) is 1.31. The van der Waals surface area contributed by atoms with Crippen LogP contribution in [0.3, 0.4) is 0 Å². The van der Waals surface area contributed by atoms with Gasteiger partial charge in [0.1, 0.15) is 28.6 Å². The number of rotatable bonds is 5. The Hall–Kier alpha value is -5.58. The van der Waals surface area contributed by atoms with Gasteiger partial charge >= 0.3 is 5.97 Å². The minimum absolute atomic E-state index is 0.261. The maximum Gasteiger partial charge on any atom is 0.338 e. The fraction of sp³-hybridized carbons (Fsp3) is 0.214. The van der Waals surface area contributed by atoms with Gasteiger partial charge in [0.05, 0.1) is 11.7 Å². The number of carbonyl (C=O) groups is 1. The largest absolute Gasteiger partial charge is 0.508 e. The first kappa shape index (κ1) is 29.9. The van der Waals surface area contributed by atoms with E-state index in [1.165, 1.54) is 6.92 Å². The third-order valence-electron chi connectivity index (χ3n) is 6.81. The fourth-order valence-corrected chi connectivity index (χ4v) is 4.56. The van der Waals surface area contributed by atoms with Crippen LogP contribution in [-0.4, -0.2) is 87.7 Å². The molecule has 1 aromatic heterocycles. The van der Waals surface area contributed by atoms with Gasteiger partial charge in [-0.3, -0.25) is 4.79 Å². The zero-order chi connectivity index (χ0) is 32.2. The molecule has 3 aromatic carbocycles. The number of hydrogen-bond acceptors (Lipinski definition) is 16. The van der Waals surface area contributed by atoms with Crippen LogP contribution in [-0.2, 0) is 9.47 Å². The second kappa shape index (κ2) is 10.9. The summed E-state index contributed by atoms with van der Waals surface area (Å²) in [6, 6.07) is 5.08. The monoisotopic (exact) mass is 616 g/mol. The van der Waals surface area contributed by atoms with Gasteiger partial charge in [-0.15, -0.1) is 0 Å². The van der Waals surface area contributed by atoms with Crippen LogP contribution in [0.5, 0.6) is 51.7 Å². The van der Waals surface area contributed by atoms with Gasteiger partial charge in [-0.1, -0.05) is 0 Å². The van der Waals surface area contributed by atoms with Crippen molar-refractivity contribution < 1.29 is 74.5 Å². The highest BCUT2D eigenvalue weighted by Crippen LogP contribution is 2.43. The highest BCUT2D eigenvalue weighted by atomic mass is 16.7. The first-order valence-corrected chi connectivity index (χ1v) is 12.6. The molecule has 10 N–H and O–H groups in total. The third kappa shape index (κ3) is 5.13. The van der Waals surface area contributed by atoms with E-state index in [-0.39, 0.29) is 11.1 Å². The Kier molecular flexibility index (Phi) is 7.42. The summed E-state index contributed by atoms with van der Waals surface area (Å²) >= 11 is 0. The summed E-state index contributed by atoms with van der Waals surface area (Å²) in [7, 11) is 0. The van der Waals surface area contributed by atoms with Crippen LogP contribution >= 0.6 is 0 Å². The molecule has 0 bridgehead atoms. The van der Waals surface area contributed by atoms with E-state index in [1.807, 2.05) is 0 Å². The Balaban J connectivity index is 1.57. The van der Waals surface area contributed by atoms with Crippen molar-refractivity contribution in [1.29, 1.82) is 0 Å². The van der Waals surface area contributed by atoms with Gasteiger partial charge in [0, 0.05) is 17.7 Å². The number of carbonyl (C=O) groups excluding carboxylic acids is 1. The van der Waals surface area contributed by atoms with Crippen molar-refractivity contribution >= 4 is 16.9 Å². The van der Waals surface area contributed by atoms with Gasteiger partial charge < -0.3 is 69.7 Å². The standard InChI is InChI=1S/C28H24O16/c1-8-19(35)25(43-27(40)10-4-15(33)21(37)16(34)5-10)23(39)28(41-8)44-26-22(38)18-12(30)6-11(29)7-17(18)42-24(26)9-2-13(31)20(36)14(32)3-9/h2-8,19,23,25,28-37,39H,1H3/t8-,19-,23+,25+,28-/m1/s1. The Morgan fingerprint density at radius 3 is 1.93 bits per heavy atom. The molecule has 0 unspecified atom stereocenters. The normalized spacial score (nSPS) is 21.7. The molecular weight excluding hydrogens is 592 g/mol. The number of benzene rings is 3. The number of hydrogen-bond donors (Lipinski definition) is 10. The van der Waals surface area contributed by atoms with E-state index in [9.17, 15) is 60.7 Å². The zero-order valence-electron chi connectivity index (χ0n) is 22.3. The number of phenolic OH excluding ortho intramolecular Hbond substituents is 8. The quantitative estimate of drug-likeness (QED) is 0.111. The van der Waals surface area contributed by atoms with Gasteiger partial charge in [0.25, 0.3) is 0 Å². The maximum absolute atomic E-state index is 13.6. The van der Waals surface area contributed by atoms with Crippen molar-refractivity contribution in [3.63, 3.8) is 0 Å². The number of phenols is 8.